The van der Waals surface area contributed by atoms with Crippen LogP contribution in [0.25, 0.3) is 0 Å². The van der Waals surface area contributed by atoms with E-state index < -0.39 is 36.6 Å². The number of ether oxygens (including phenoxy) is 2. The van der Waals surface area contributed by atoms with E-state index in [-0.39, 0.29) is 23.8 Å². The molecule has 0 aromatic carbocycles. The molecule has 0 aliphatic carbocycles. The van der Waals surface area contributed by atoms with Crippen LogP contribution >= 0.6 is 0 Å². The fraction of sp³-hybridized carbons (Fsp3) is 0.947. The number of rotatable bonds is 25. The van der Waals surface area contributed by atoms with E-state index in [9.17, 15) is 19.8 Å². The molecule has 0 bridgehead atoms. The molecule has 0 radical (unpaired) electrons. The summed E-state index contributed by atoms with van der Waals surface area (Å²) in [4.78, 5) is 26.1. The summed E-state index contributed by atoms with van der Waals surface area (Å²) < 4.78 is 12.2. The quantitative estimate of drug-likeness (QED) is 0.0601. The number of hydrogen-bond acceptors (Lipinski definition) is 7. The molecule has 2 aliphatic heterocycles. The first-order valence-corrected chi connectivity index (χ1v) is 19.5. The molecule has 2 aliphatic rings. The number of unbranched alkanes of at least 4 members (excludes halogenated alkanes) is 14. The zero-order valence-corrected chi connectivity index (χ0v) is 30.3. The number of aliphatic hydroxyl groups excluding tert-OH is 2. The summed E-state index contributed by atoms with van der Waals surface area (Å²) in [6.45, 7) is 11.3. The van der Waals surface area contributed by atoms with Crippen molar-refractivity contribution in [1.82, 2.24) is 10.6 Å². The van der Waals surface area contributed by atoms with E-state index in [1.807, 2.05) is 20.8 Å². The first-order chi connectivity index (χ1) is 22.2. The molecule has 0 aromatic rings. The van der Waals surface area contributed by atoms with Gasteiger partial charge in [-0.25, -0.2) is 0 Å². The minimum Gasteiger partial charge on any atom is -0.457 e. The Balaban J connectivity index is 1.78. The third-order valence-corrected chi connectivity index (χ3v) is 10.2. The van der Waals surface area contributed by atoms with E-state index in [1.54, 1.807) is 0 Å². The summed E-state index contributed by atoms with van der Waals surface area (Å²) in [5.74, 6) is 0.0362. The first kappa shape index (κ1) is 41.0. The molecular formula is C38H72N2O6. The van der Waals surface area contributed by atoms with Gasteiger partial charge in [0, 0.05) is 6.42 Å². The summed E-state index contributed by atoms with van der Waals surface area (Å²) in [5.41, 5.74) is 0. The van der Waals surface area contributed by atoms with Crippen LogP contribution in [0.4, 0.5) is 0 Å². The molecule has 0 unspecified atom stereocenters. The molecule has 2 rings (SSSR count). The third-order valence-electron chi connectivity index (χ3n) is 10.2. The first-order valence-electron chi connectivity index (χ1n) is 19.5. The molecule has 2 fully saturated rings. The fourth-order valence-electron chi connectivity index (χ4n) is 7.23. The second kappa shape index (κ2) is 24.0. The molecule has 8 atom stereocenters. The highest BCUT2D eigenvalue weighted by Crippen LogP contribution is 2.31. The van der Waals surface area contributed by atoms with E-state index in [0.717, 1.165) is 45.1 Å². The second-order valence-electron chi connectivity index (χ2n) is 14.7. The molecule has 46 heavy (non-hydrogen) atoms. The second-order valence-corrected chi connectivity index (χ2v) is 14.7. The lowest BCUT2D eigenvalue weighted by Gasteiger charge is -2.46. The number of aliphatic hydroxyl groups is 2. The van der Waals surface area contributed by atoms with Gasteiger partial charge in [-0.1, -0.05) is 137 Å². The van der Waals surface area contributed by atoms with Crippen LogP contribution in [0.15, 0.2) is 0 Å². The molecule has 8 nitrogen and oxygen atoms in total. The molecule has 8 heteroatoms. The lowest BCUT2D eigenvalue weighted by atomic mass is 9.85. The predicted octanol–water partition coefficient (Wildman–Crippen LogP) is 7.37. The number of carbonyl (C=O) groups is 2. The highest BCUT2D eigenvalue weighted by Gasteiger charge is 2.49. The number of nitrogens with one attached hydrogen (secondary N) is 2. The Kier molecular flexibility index (Phi) is 21.4. The summed E-state index contributed by atoms with van der Waals surface area (Å²) in [7, 11) is 0. The standard InChI is InChI=1S/C38H72N2O6/c1-6-9-11-12-13-14-15-16-17-18-19-20-22-25-32(41)46-36-31(23-8-3)45-37(35(43)34(36)42)33(28(4)5)40-38(44)30-26-29(27-39-30)24-21-10-7-2/h28-31,33-37,39,42-43H,6-27H2,1-5H3,(H,40,44)/t29-,30-,31+,33+,34-,35+,36-,37+/m0/s1. The van der Waals surface area contributed by atoms with Gasteiger partial charge in [-0.2, -0.15) is 0 Å². The van der Waals surface area contributed by atoms with Crippen molar-refractivity contribution >= 4 is 11.9 Å². The van der Waals surface area contributed by atoms with Crippen LogP contribution < -0.4 is 10.6 Å². The lowest BCUT2D eigenvalue weighted by molar-refractivity contribution is -0.241. The normalized spacial score (nSPS) is 27.2. The van der Waals surface area contributed by atoms with E-state index >= 15 is 0 Å². The summed E-state index contributed by atoms with van der Waals surface area (Å²) in [6, 6.07) is -0.747. The fourth-order valence-corrected chi connectivity index (χ4v) is 7.23. The van der Waals surface area contributed by atoms with Crippen LogP contribution in [0.1, 0.15) is 169 Å². The summed E-state index contributed by atoms with van der Waals surface area (Å²) >= 11 is 0. The number of amides is 1. The molecule has 2 heterocycles. The molecule has 0 aromatic heterocycles. The van der Waals surface area contributed by atoms with E-state index in [2.05, 4.69) is 24.5 Å². The Morgan fingerprint density at radius 2 is 1.35 bits per heavy atom. The Bertz CT molecular complexity index is 810. The van der Waals surface area contributed by atoms with Gasteiger partial charge in [-0.3, -0.25) is 9.59 Å². The molecule has 0 saturated carbocycles. The van der Waals surface area contributed by atoms with E-state index in [4.69, 9.17) is 9.47 Å². The number of hydrogen-bond donors (Lipinski definition) is 4. The van der Waals surface area contributed by atoms with Gasteiger partial charge in [0.05, 0.1) is 18.2 Å². The average molecular weight is 653 g/mol. The van der Waals surface area contributed by atoms with Gasteiger partial charge in [0.1, 0.15) is 18.3 Å². The van der Waals surface area contributed by atoms with Crippen molar-refractivity contribution < 1.29 is 29.3 Å². The van der Waals surface area contributed by atoms with Gasteiger partial charge < -0.3 is 30.3 Å². The maximum Gasteiger partial charge on any atom is 0.306 e. The minimum absolute atomic E-state index is 0.0329. The Hall–Kier alpha value is -1.22. The highest BCUT2D eigenvalue weighted by atomic mass is 16.6. The van der Waals surface area contributed by atoms with E-state index in [1.165, 1.54) is 83.5 Å². The Morgan fingerprint density at radius 3 is 1.91 bits per heavy atom. The van der Waals surface area contributed by atoms with Crippen LogP contribution in [0, 0.1) is 11.8 Å². The predicted molar refractivity (Wildman–Crippen MR) is 187 cm³/mol. The average Bonchev–Trinajstić information content (AvgIpc) is 3.51. The van der Waals surface area contributed by atoms with Crippen molar-refractivity contribution in [3.63, 3.8) is 0 Å². The molecule has 270 valence electrons. The van der Waals surface area contributed by atoms with Crippen LogP contribution in [0.3, 0.4) is 0 Å². The van der Waals surface area contributed by atoms with Crippen molar-refractivity contribution in [2.45, 2.75) is 212 Å². The van der Waals surface area contributed by atoms with E-state index in [0.29, 0.717) is 18.8 Å². The Morgan fingerprint density at radius 1 is 0.783 bits per heavy atom. The van der Waals surface area contributed by atoms with Gasteiger partial charge in [0.2, 0.25) is 5.91 Å². The zero-order valence-electron chi connectivity index (χ0n) is 30.3. The van der Waals surface area contributed by atoms with Crippen molar-refractivity contribution in [2.24, 2.45) is 11.8 Å². The number of esters is 1. The molecule has 0 spiro atoms. The molecule has 1 amide bonds. The van der Waals surface area contributed by atoms with Crippen molar-refractivity contribution in [3.05, 3.63) is 0 Å². The maximum atomic E-state index is 13.3. The zero-order chi connectivity index (χ0) is 33.7. The summed E-state index contributed by atoms with van der Waals surface area (Å²) in [6.07, 6.45) is 18.5. The molecule has 2 saturated heterocycles. The van der Waals surface area contributed by atoms with Crippen LogP contribution in [0.2, 0.25) is 0 Å². The van der Waals surface area contributed by atoms with Gasteiger partial charge in [0.15, 0.2) is 6.10 Å². The maximum absolute atomic E-state index is 13.3. The highest BCUT2D eigenvalue weighted by molar-refractivity contribution is 5.82. The SMILES string of the molecule is CCCCCCCCCCCCCCCC(=O)O[C@@H]1[C@@H](O)[C@@H](O)[C@@H]([C@H](NC(=O)[C@@H]2C[C@H](CCCCC)CN2)C(C)C)O[C@@H]1CCC. The molecule has 4 N–H and O–H groups in total. The molecular weight excluding hydrogens is 580 g/mol. The van der Waals surface area contributed by atoms with Crippen LogP contribution in [-0.4, -0.2) is 71.2 Å². The Labute approximate surface area is 281 Å². The van der Waals surface area contributed by atoms with Crippen molar-refractivity contribution in [1.29, 1.82) is 0 Å². The number of carbonyl (C=O) groups excluding carboxylic acids is 2. The third kappa shape index (κ3) is 14.9. The van der Waals surface area contributed by atoms with Crippen molar-refractivity contribution in [2.75, 3.05) is 6.54 Å². The smallest absolute Gasteiger partial charge is 0.306 e. The van der Waals surface area contributed by atoms with Crippen molar-refractivity contribution in [3.8, 4) is 0 Å². The van der Waals surface area contributed by atoms with Crippen LogP contribution in [0.5, 0.6) is 0 Å². The minimum atomic E-state index is -1.28. The van der Waals surface area contributed by atoms with Crippen LogP contribution in [-0.2, 0) is 19.1 Å². The monoisotopic (exact) mass is 653 g/mol. The largest absolute Gasteiger partial charge is 0.457 e. The summed E-state index contributed by atoms with van der Waals surface area (Å²) in [5, 5.41) is 29.0. The lowest BCUT2D eigenvalue weighted by Crippen LogP contribution is -2.65. The van der Waals surface area contributed by atoms with Gasteiger partial charge >= 0.3 is 5.97 Å². The van der Waals surface area contributed by atoms with Gasteiger partial charge in [-0.05, 0) is 44.1 Å². The van der Waals surface area contributed by atoms with Gasteiger partial charge in [0.25, 0.3) is 0 Å². The topological polar surface area (TPSA) is 117 Å². The van der Waals surface area contributed by atoms with Gasteiger partial charge in [-0.15, -0.1) is 0 Å².